The summed E-state index contributed by atoms with van der Waals surface area (Å²) in [7, 11) is 0. The first-order valence-corrected chi connectivity index (χ1v) is 6.50. The van der Waals surface area contributed by atoms with Crippen LogP contribution in [0.4, 0.5) is 0 Å². The number of hydrogen-bond donors (Lipinski definition) is 1. The number of nitrogens with zero attached hydrogens (tertiary/aromatic N) is 1. The zero-order valence-electron chi connectivity index (χ0n) is 10.2. The van der Waals surface area contributed by atoms with Crippen molar-refractivity contribution in [2.45, 2.75) is 45.1 Å². The highest BCUT2D eigenvalue weighted by molar-refractivity contribution is 5.07. The van der Waals surface area contributed by atoms with Crippen LogP contribution in [0, 0.1) is 5.92 Å². The van der Waals surface area contributed by atoms with Crippen molar-refractivity contribution >= 4 is 0 Å². The SMILES string of the molecule is C[C@@H](NCC1CCCCC1)c1ccccn1. The summed E-state index contributed by atoms with van der Waals surface area (Å²) in [4.78, 5) is 4.38. The van der Waals surface area contributed by atoms with Crippen LogP contribution in [0.1, 0.15) is 50.8 Å². The third kappa shape index (κ3) is 3.31. The molecule has 0 radical (unpaired) electrons. The molecule has 88 valence electrons. The number of aromatic nitrogens is 1. The van der Waals surface area contributed by atoms with Gasteiger partial charge in [-0.1, -0.05) is 25.3 Å². The molecule has 0 amide bonds. The van der Waals surface area contributed by atoms with Gasteiger partial charge in [0.25, 0.3) is 0 Å². The second-order valence-corrected chi connectivity index (χ2v) is 4.89. The van der Waals surface area contributed by atoms with E-state index >= 15 is 0 Å². The van der Waals surface area contributed by atoms with Gasteiger partial charge in [-0.15, -0.1) is 0 Å². The highest BCUT2D eigenvalue weighted by atomic mass is 14.9. The number of pyridine rings is 1. The molecule has 2 rings (SSSR count). The zero-order chi connectivity index (χ0) is 11.2. The van der Waals surface area contributed by atoms with Gasteiger partial charge in [0, 0.05) is 12.2 Å². The van der Waals surface area contributed by atoms with Crippen LogP contribution in [-0.2, 0) is 0 Å². The van der Waals surface area contributed by atoms with Gasteiger partial charge in [0.15, 0.2) is 0 Å². The fourth-order valence-corrected chi connectivity index (χ4v) is 2.47. The van der Waals surface area contributed by atoms with Gasteiger partial charge in [0.1, 0.15) is 0 Å². The fraction of sp³-hybridized carbons (Fsp3) is 0.643. The summed E-state index contributed by atoms with van der Waals surface area (Å²) in [5, 5.41) is 3.61. The molecular formula is C14H22N2. The Balaban J connectivity index is 1.77. The molecule has 1 aromatic rings. The van der Waals surface area contributed by atoms with E-state index in [0.717, 1.165) is 18.2 Å². The summed E-state index contributed by atoms with van der Waals surface area (Å²) in [6, 6.07) is 6.50. The number of rotatable bonds is 4. The Labute approximate surface area is 98.5 Å². The Hall–Kier alpha value is -0.890. The molecule has 0 unspecified atom stereocenters. The van der Waals surface area contributed by atoms with Crippen molar-refractivity contribution in [1.29, 1.82) is 0 Å². The maximum Gasteiger partial charge on any atom is 0.0570 e. The summed E-state index contributed by atoms with van der Waals surface area (Å²) in [6.45, 7) is 3.35. The summed E-state index contributed by atoms with van der Waals surface area (Å²) in [6.07, 6.45) is 8.96. The summed E-state index contributed by atoms with van der Waals surface area (Å²) < 4.78 is 0. The largest absolute Gasteiger partial charge is 0.309 e. The van der Waals surface area contributed by atoms with Crippen molar-refractivity contribution < 1.29 is 0 Å². The second kappa shape index (κ2) is 6.00. The van der Waals surface area contributed by atoms with E-state index in [1.807, 2.05) is 12.3 Å². The van der Waals surface area contributed by atoms with E-state index in [1.54, 1.807) is 0 Å². The normalized spacial score (nSPS) is 19.6. The van der Waals surface area contributed by atoms with Gasteiger partial charge in [-0.25, -0.2) is 0 Å². The van der Waals surface area contributed by atoms with E-state index in [1.165, 1.54) is 32.1 Å². The minimum Gasteiger partial charge on any atom is -0.309 e. The molecule has 16 heavy (non-hydrogen) atoms. The molecule has 1 atom stereocenters. The van der Waals surface area contributed by atoms with Gasteiger partial charge in [-0.2, -0.15) is 0 Å². The third-order valence-electron chi connectivity index (χ3n) is 3.57. The molecule has 1 aliphatic rings. The molecule has 2 nitrogen and oxygen atoms in total. The van der Waals surface area contributed by atoms with Crippen molar-refractivity contribution in [3.05, 3.63) is 30.1 Å². The van der Waals surface area contributed by atoms with Crippen LogP contribution >= 0.6 is 0 Å². The molecule has 0 spiro atoms. The van der Waals surface area contributed by atoms with Crippen molar-refractivity contribution in [2.75, 3.05) is 6.54 Å². The molecular weight excluding hydrogens is 196 g/mol. The van der Waals surface area contributed by atoms with E-state index in [-0.39, 0.29) is 0 Å². The fourth-order valence-electron chi connectivity index (χ4n) is 2.47. The Morgan fingerprint density at radius 3 is 2.81 bits per heavy atom. The zero-order valence-corrected chi connectivity index (χ0v) is 10.2. The van der Waals surface area contributed by atoms with E-state index < -0.39 is 0 Å². The van der Waals surface area contributed by atoms with Crippen LogP contribution < -0.4 is 5.32 Å². The molecule has 1 heterocycles. The average molecular weight is 218 g/mol. The standard InChI is InChI=1S/C14H22N2/c1-12(14-9-5-6-10-15-14)16-11-13-7-3-2-4-8-13/h5-6,9-10,12-13,16H,2-4,7-8,11H2,1H3/t12-/m1/s1. The lowest BCUT2D eigenvalue weighted by atomic mass is 9.89. The van der Waals surface area contributed by atoms with Gasteiger partial charge in [-0.05, 0) is 44.4 Å². The maximum absolute atomic E-state index is 4.38. The molecule has 1 N–H and O–H groups in total. The first-order valence-electron chi connectivity index (χ1n) is 6.50. The quantitative estimate of drug-likeness (QED) is 0.838. The van der Waals surface area contributed by atoms with Gasteiger partial charge in [-0.3, -0.25) is 4.98 Å². The molecule has 0 bridgehead atoms. The lowest BCUT2D eigenvalue weighted by Crippen LogP contribution is -2.27. The maximum atomic E-state index is 4.38. The van der Waals surface area contributed by atoms with Crippen molar-refractivity contribution in [3.63, 3.8) is 0 Å². The van der Waals surface area contributed by atoms with Gasteiger partial charge in [0.2, 0.25) is 0 Å². The van der Waals surface area contributed by atoms with Crippen LogP contribution in [0.2, 0.25) is 0 Å². The highest BCUT2D eigenvalue weighted by Gasteiger charge is 2.14. The van der Waals surface area contributed by atoms with Crippen LogP contribution in [0.5, 0.6) is 0 Å². The lowest BCUT2D eigenvalue weighted by molar-refractivity contribution is 0.330. The van der Waals surface area contributed by atoms with E-state index in [2.05, 4.69) is 29.4 Å². The Morgan fingerprint density at radius 1 is 1.31 bits per heavy atom. The Morgan fingerprint density at radius 2 is 2.12 bits per heavy atom. The van der Waals surface area contributed by atoms with Crippen LogP contribution in [0.15, 0.2) is 24.4 Å². The second-order valence-electron chi connectivity index (χ2n) is 4.89. The molecule has 0 aromatic carbocycles. The minimum atomic E-state index is 0.378. The highest BCUT2D eigenvalue weighted by Crippen LogP contribution is 2.23. The van der Waals surface area contributed by atoms with Gasteiger partial charge >= 0.3 is 0 Å². The predicted octanol–water partition coefficient (Wildman–Crippen LogP) is 3.31. The number of nitrogens with one attached hydrogen (secondary N) is 1. The number of hydrogen-bond acceptors (Lipinski definition) is 2. The smallest absolute Gasteiger partial charge is 0.0570 e. The monoisotopic (exact) mass is 218 g/mol. The van der Waals surface area contributed by atoms with Crippen molar-refractivity contribution in [2.24, 2.45) is 5.92 Å². The summed E-state index contributed by atoms with van der Waals surface area (Å²) in [5.41, 5.74) is 1.15. The van der Waals surface area contributed by atoms with E-state index in [4.69, 9.17) is 0 Å². The topological polar surface area (TPSA) is 24.9 Å². The van der Waals surface area contributed by atoms with Crippen molar-refractivity contribution in [3.8, 4) is 0 Å². The lowest BCUT2D eigenvalue weighted by Gasteiger charge is -2.23. The molecule has 1 saturated carbocycles. The summed E-state index contributed by atoms with van der Waals surface area (Å²) >= 11 is 0. The summed E-state index contributed by atoms with van der Waals surface area (Å²) in [5.74, 6) is 0.889. The first kappa shape index (κ1) is 11.6. The predicted molar refractivity (Wildman–Crippen MR) is 67.2 cm³/mol. The van der Waals surface area contributed by atoms with E-state index in [9.17, 15) is 0 Å². The molecule has 1 aromatic heterocycles. The van der Waals surface area contributed by atoms with Crippen LogP contribution in [0.25, 0.3) is 0 Å². The van der Waals surface area contributed by atoms with Crippen molar-refractivity contribution in [1.82, 2.24) is 10.3 Å². The molecule has 1 aliphatic carbocycles. The van der Waals surface area contributed by atoms with Gasteiger partial charge < -0.3 is 5.32 Å². The first-order chi connectivity index (χ1) is 7.86. The Kier molecular flexibility index (Phi) is 4.34. The van der Waals surface area contributed by atoms with E-state index in [0.29, 0.717) is 6.04 Å². The third-order valence-corrected chi connectivity index (χ3v) is 3.57. The van der Waals surface area contributed by atoms with Crippen LogP contribution in [0.3, 0.4) is 0 Å². The Bertz CT molecular complexity index is 291. The average Bonchev–Trinajstić information content (AvgIpc) is 2.38. The minimum absolute atomic E-state index is 0.378. The molecule has 0 aliphatic heterocycles. The molecule has 0 saturated heterocycles. The molecule has 1 fully saturated rings. The molecule has 2 heteroatoms. The van der Waals surface area contributed by atoms with Crippen LogP contribution in [-0.4, -0.2) is 11.5 Å². The van der Waals surface area contributed by atoms with Gasteiger partial charge in [0.05, 0.1) is 5.69 Å².